The molecule has 2 aromatic carbocycles. The summed E-state index contributed by atoms with van der Waals surface area (Å²) in [5.41, 5.74) is -0.657. The number of fused-ring (bicyclic) bond motifs is 1. The number of halogens is 2. The highest BCUT2D eigenvalue weighted by molar-refractivity contribution is 7.80. The number of esters is 1. The number of carbonyl (C=O) groups is 2. The molecule has 0 radical (unpaired) electrons. The Balaban J connectivity index is 1.97. The van der Waals surface area contributed by atoms with Crippen LogP contribution in [-0.4, -0.2) is 28.3 Å². The summed E-state index contributed by atoms with van der Waals surface area (Å²) >= 11 is 5.45. The molecule has 7 nitrogen and oxygen atoms in total. The number of rotatable bonds is 8. The second-order valence-electron chi connectivity index (χ2n) is 10.7. The maximum Gasteiger partial charge on any atom is 0.413 e. The lowest BCUT2D eigenvalue weighted by Crippen LogP contribution is -2.58. The molecule has 0 aliphatic carbocycles. The molecule has 0 spiro atoms. The molecule has 2 N–H and O–H groups in total. The van der Waals surface area contributed by atoms with E-state index in [0.29, 0.717) is 16.5 Å². The Morgan fingerprint density at radius 2 is 1.72 bits per heavy atom. The topological polar surface area (TPSA) is 89.6 Å². The van der Waals surface area contributed by atoms with Crippen molar-refractivity contribution in [1.29, 1.82) is 0 Å². The molecule has 1 atom stereocenters. The average Bonchev–Trinajstić information content (AvgIpc) is 2.85. The van der Waals surface area contributed by atoms with E-state index in [9.17, 15) is 18.4 Å². The molecule has 0 aliphatic heterocycles. The lowest BCUT2D eigenvalue weighted by Gasteiger charge is -2.39. The highest BCUT2D eigenvalue weighted by Crippen LogP contribution is 2.38. The highest BCUT2D eigenvalue weighted by atomic mass is 32.1. The Hall–Kier alpha value is -3.66. The zero-order chi connectivity index (χ0) is 28.8. The number of nitrogens with zero attached hydrogens (tertiary/aromatic N) is 1. The van der Waals surface area contributed by atoms with Gasteiger partial charge in [0.15, 0.2) is 10.7 Å². The van der Waals surface area contributed by atoms with Crippen molar-refractivity contribution in [3.05, 3.63) is 77.5 Å². The summed E-state index contributed by atoms with van der Waals surface area (Å²) in [6.07, 6.45) is -3.71. The first kappa shape index (κ1) is 29.9. The monoisotopic (exact) mass is 557 g/mol. The SMILES string of the molecule is CC(C)OC(=O)[C@](CC(C)(C)C)(NC(=S)NC(=O)OCc1ccccc1)c1ccc2nc(C(F)F)ccc2c1. The molecule has 1 aromatic heterocycles. The number of alkyl halides is 2. The third-order valence-corrected chi connectivity index (χ3v) is 5.87. The summed E-state index contributed by atoms with van der Waals surface area (Å²) in [4.78, 5) is 30.3. The van der Waals surface area contributed by atoms with Gasteiger partial charge in [0.25, 0.3) is 6.43 Å². The summed E-state index contributed by atoms with van der Waals surface area (Å²) in [6.45, 7) is 9.35. The molecule has 0 fully saturated rings. The molecular formula is C29H33F2N3O4S. The van der Waals surface area contributed by atoms with Gasteiger partial charge in [0.1, 0.15) is 12.3 Å². The number of carbonyl (C=O) groups excluding carboxylic acids is 2. The molecule has 1 amide bonds. The van der Waals surface area contributed by atoms with Crippen LogP contribution in [0, 0.1) is 5.41 Å². The molecule has 0 saturated carbocycles. The normalized spacial score (nSPS) is 13.2. The van der Waals surface area contributed by atoms with Crippen molar-refractivity contribution >= 4 is 40.3 Å². The number of thiocarbonyl (C=S) groups is 1. The van der Waals surface area contributed by atoms with E-state index in [-0.39, 0.29) is 23.8 Å². The molecular weight excluding hydrogens is 524 g/mol. The molecule has 0 saturated heterocycles. The summed E-state index contributed by atoms with van der Waals surface area (Å²) in [5.74, 6) is -0.606. The minimum atomic E-state index is -2.71. The maximum absolute atomic E-state index is 13.8. The molecule has 1 heterocycles. The van der Waals surface area contributed by atoms with Gasteiger partial charge in [0, 0.05) is 5.39 Å². The number of benzene rings is 2. The molecule has 0 unspecified atom stereocenters. The van der Waals surface area contributed by atoms with Crippen LogP contribution in [0.25, 0.3) is 10.9 Å². The zero-order valence-electron chi connectivity index (χ0n) is 22.6. The molecule has 3 rings (SSSR count). The fraction of sp³-hybridized carbons (Fsp3) is 0.379. The summed E-state index contributed by atoms with van der Waals surface area (Å²) < 4.78 is 37.3. The number of amides is 1. The van der Waals surface area contributed by atoms with Crippen LogP contribution < -0.4 is 10.6 Å². The van der Waals surface area contributed by atoms with Crippen LogP contribution in [0.5, 0.6) is 0 Å². The summed E-state index contributed by atoms with van der Waals surface area (Å²) in [6, 6.07) is 16.8. The minimum absolute atomic E-state index is 0.0378. The third kappa shape index (κ3) is 8.16. The van der Waals surface area contributed by atoms with Crippen molar-refractivity contribution in [2.75, 3.05) is 0 Å². The van der Waals surface area contributed by atoms with Crippen molar-refractivity contribution in [2.45, 2.75) is 65.7 Å². The summed E-state index contributed by atoms with van der Waals surface area (Å²) in [7, 11) is 0. The number of nitrogens with one attached hydrogen (secondary N) is 2. The van der Waals surface area contributed by atoms with Crippen molar-refractivity contribution in [3.63, 3.8) is 0 Å². The standard InChI is InChI=1S/C29H33F2N3O4S/c1-18(2)38-25(35)29(17-28(3,4)5,21-12-14-22-20(15-21)11-13-23(32-22)24(30)31)34-26(39)33-27(36)37-16-19-9-7-6-8-10-19/h6-15,18,24H,16-17H2,1-5H3,(H2,33,34,36,39)/t29-/m1/s1. The predicted octanol–water partition coefficient (Wildman–Crippen LogP) is 6.56. The van der Waals surface area contributed by atoms with Crippen LogP contribution in [0.3, 0.4) is 0 Å². The van der Waals surface area contributed by atoms with Gasteiger partial charge in [-0.2, -0.15) is 0 Å². The summed E-state index contributed by atoms with van der Waals surface area (Å²) in [5, 5.41) is 5.93. The van der Waals surface area contributed by atoms with Crippen molar-refractivity contribution < 1.29 is 27.8 Å². The number of ether oxygens (including phenoxy) is 2. The van der Waals surface area contributed by atoms with Crippen LogP contribution in [0.2, 0.25) is 0 Å². The van der Waals surface area contributed by atoms with Crippen LogP contribution in [0.1, 0.15) is 64.3 Å². The number of aromatic nitrogens is 1. The smallest absolute Gasteiger partial charge is 0.413 e. The quantitative estimate of drug-likeness (QED) is 0.240. The van der Waals surface area contributed by atoms with Gasteiger partial charge in [0.2, 0.25) is 0 Å². The largest absolute Gasteiger partial charge is 0.461 e. The van der Waals surface area contributed by atoms with Crippen molar-refractivity contribution in [1.82, 2.24) is 15.6 Å². The van der Waals surface area contributed by atoms with Gasteiger partial charge in [-0.1, -0.05) is 63.2 Å². The fourth-order valence-corrected chi connectivity index (χ4v) is 4.43. The van der Waals surface area contributed by atoms with E-state index < -0.39 is 35.5 Å². The van der Waals surface area contributed by atoms with Gasteiger partial charge in [0.05, 0.1) is 11.6 Å². The van der Waals surface area contributed by atoms with Gasteiger partial charge < -0.3 is 14.8 Å². The lowest BCUT2D eigenvalue weighted by molar-refractivity contribution is -0.157. The molecule has 208 valence electrons. The van der Waals surface area contributed by atoms with Crippen molar-refractivity contribution in [2.24, 2.45) is 5.41 Å². The zero-order valence-corrected chi connectivity index (χ0v) is 23.4. The second kappa shape index (κ2) is 12.5. The highest BCUT2D eigenvalue weighted by Gasteiger charge is 2.46. The predicted molar refractivity (Wildman–Crippen MR) is 149 cm³/mol. The molecule has 0 bridgehead atoms. The molecule has 3 aromatic rings. The Morgan fingerprint density at radius 3 is 2.33 bits per heavy atom. The molecule has 0 aliphatic rings. The molecule has 39 heavy (non-hydrogen) atoms. The Kier molecular flexibility index (Phi) is 9.55. The number of alkyl carbamates (subject to hydrolysis) is 1. The Morgan fingerprint density at radius 1 is 1.03 bits per heavy atom. The Labute approximate surface area is 232 Å². The van der Waals surface area contributed by atoms with E-state index >= 15 is 0 Å². The average molecular weight is 558 g/mol. The van der Waals surface area contributed by atoms with Crippen LogP contribution in [-0.2, 0) is 26.4 Å². The van der Waals surface area contributed by atoms with Gasteiger partial charge in [-0.3, -0.25) is 5.32 Å². The maximum atomic E-state index is 13.8. The Bertz CT molecular complexity index is 1330. The van der Waals surface area contributed by atoms with Gasteiger partial charge in [-0.15, -0.1) is 0 Å². The van der Waals surface area contributed by atoms with E-state index in [1.54, 1.807) is 32.0 Å². The van der Waals surface area contributed by atoms with E-state index in [1.165, 1.54) is 12.1 Å². The number of hydrogen-bond donors (Lipinski definition) is 2. The lowest BCUT2D eigenvalue weighted by atomic mass is 9.75. The fourth-order valence-electron chi connectivity index (χ4n) is 4.17. The second-order valence-corrected chi connectivity index (χ2v) is 11.1. The van der Waals surface area contributed by atoms with E-state index in [0.717, 1.165) is 5.56 Å². The number of pyridine rings is 1. The first-order valence-corrected chi connectivity index (χ1v) is 12.9. The minimum Gasteiger partial charge on any atom is -0.461 e. The van der Waals surface area contributed by atoms with Gasteiger partial charge in [-0.25, -0.2) is 23.4 Å². The van der Waals surface area contributed by atoms with Gasteiger partial charge >= 0.3 is 12.1 Å². The van der Waals surface area contributed by atoms with Crippen LogP contribution in [0.15, 0.2) is 60.7 Å². The number of hydrogen-bond acceptors (Lipinski definition) is 6. The van der Waals surface area contributed by atoms with E-state index in [2.05, 4.69) is 15.6 Å². The van der Waals surface area contributed by atoms with E-state index in [1.807, 2.05) is 51.1 Å². The van der Waals surface area contributed by atoms with Gasteiger partial charge in [-0.05, 0) is 67.2 Å². The first-order chi connectivity index (χ1) is 18.3. The van der Waals surface area contributed by atoms with E-state index in [4.69, 9.17) is 21.7 Å². The van der Waals surface area contributed by atoms with Crippen molar-refractivity contribution in [3.8, 4) is 0 Å². The van der Waals surface area contributed by atoms with Crippen LogP contribution >= 0.6 is 12.2 Å². The third-order valence-electron chi connectivity index (χ3n) is 5.67. The first-order valence-electron chi connectivity index (χ1n) is 12.5. The van der Waals surface area contributed by atoms with Crippen LogP contribution in [0.4, 0.5) is 13.6 Å². The molecule has 10 heteroatoms.